The van der Waals surface area contributed by atoms with E-state index in [2.05, 4.69) is 25.9 Å². The van der Waals surface area contributed by atoms with E-state index in [1.165, 1.54) is 7.11 Å². The van der Waals surface area contributed by atoms with Crippen molar-refractivity contribution in [3.63, 3.8) is 0 Å². The minimum atomic E-state index is -0.643. The highest BCUT2D eigenvalue weighted by Crippen LogP contribution is 2.37. The molecule has 2 aromatic rings. The number of benzene rings is 1. The summed E-state index contributed by atoms with van der Waals surface area (Å²) < 4.78 is 11.0. The minimum Gasteiger partial charge on any atom is -0.476 e. The van der Waals surface area contributed by atoms with E-state index in [0.717, 1.165) is 11.9 Å². The van der Waals surface area contributed by atoms with Gasteiger partial charge in [-0.2, -0.15) is 9.97 Å². The molecule has 1 heterocycles. The topological polar surface area (TPSA) is 87.4 Å². The van der Waals surface area contributed by atoms with Crippen LogP contribution in [0.25, 0.3) is 0 Å². The van der Waals surface area contributed by atoms with Crippen LogP contribution >= 0.6 is 15.9 Å². The molecule has 0 aliphatic carbocycles. The summed E-state index contributed by atoms with van der Waals surface area (Å²) in [5.74, 6) is 0.0918. The Morgan fingerprint density at radius 2 is 2.00 bits per heavy atom. The van der Waals surface area contributed by atoms with Gasteiger partial charge in [0.2, 0.25) is 0 Å². The molecule has 0 saturated heterocycles. The van der Waals surface area contributed by atoms with Crippen LogP contribution in [0.3, 0.4) is 0 Å². The first kappa shape index (κ1) is 14.2. The second-order valence-corrected chi connectivity index (χ2v) is 4.68. The second kappa shape index (κ2) is 5.83. The van der Waals surface area contributed by atoms with E-state index in [-0.39, 0.29) is 11.8 Å². The van der Waals surface area contributed by atoms with E-state index in [0.29, 0.717) is 10.2 Å². The zero-order valence-electron chi connectivity index (χ0n) is 10.7. The summed E-state index contributed by atoms with van der Waals surface area (Å²) in [5, 5.41) is 11.1. The first-order chi connectivity index (χ1) is 9.52. The van der Waals surface area contributed by atoms with Crippen LogP contribution in [0.5, 0.6) is 17.5 Å². The molecule has 0 bridgehead atoms. The number of hydrogen-bond donors (Lipinski definition) is 0. The van der Waals surface area contributed by atoms with Gasteiger partial charge in [0.05, 0.1) is 16.5 Å². The van der Waals surface area contributed by atoms with Gasteiger partial charge in [0.1, 0.15) is 12.1 Å². The van der Waals surface area contributed by atoms with Crippen molar-refractivity contribution in [2.45, 2.75) is 6.92 Å². The molecule has 8 heteroatoms. The zero-order valence-corrected chi connectivity index (χ0v) is 12.2. The van der Waals surface area contributed by atoms with Gasteiger partial charge < -0.3 is 9.47 Å². The van der Waals surface area contributed by atoms with Gasteiger partial charge in [0, 0.05) is 0 Å². The molecule has 0 unspecified atom stereocenters. The standard InChI is InChI=1S/C12H10BrN3O4/c1-7-3-4-9(8(13)5-7)20-12-10(16(17)18)11(19-2)14-6-15-12/h3-6H,1-2H3. The molecule has 0 N–H and O–H groups in total. The van der Waals surface area contributed by atoms with Gasteiger partial charge in [-0.15, -0.1) is 0 Å². The molecule has 2 rings (SSSR count). The number of aryl methyl sites for hydroxylation is 1. The van der Waals surface area contributed by atoms with Crippen molar-refractivity contribution in [2.24, 2.45) is 0 Å². The number of aromatic nitrogens is 2. The van der Waals surface area contributed by atoms with Gasteiger partial charge in [-0.3, -0.25) is 10.1 Å². The Hall–Kier alpha value is -2.22. The zero-order chi connectivity index (χ0) is 14.7. The predicted molar refractivity (Wildman–Crippen MR) is 74.2 cm³/mol. The SMILES string of the molecule is COc1ncnc(Oc2ccc(C)cc2Br)c1[N+](=O)[O-]. The Kier molecular flexibility index (Phi) is 4.14. The largest absolute Gasteiger partial charge is 0.476 e. The molecule has 20 heavy (non-hydrogen) atoms. The number of nitrogens with zero attached hydrogens (tertiary/aromatic N) is 3. The third kappa shape index (κ3) is 2.85. The van der Waals surface area contributed by atoms with Crippen LogP contribution in [0, 0.1) is 17.0 Å². The average Bonchev–Trinajstić information content (AvgIpc) is 2.41. The quantitative estimate of drug-likeness (QED) is 0.627. The molecule has 0 fully saturated rings. The van der Waals surface area contributed by atoms with Crippen molar-refractivity contribution < 1.29 is 14.4 Å². The number of rotatable bonds is 4. The van der Waals surface area contributed by atoms with E-state index in [1.54, 1.807) is 6.07 Å². The molecule has 0 spiro atoms. The molecule has 0 amide bonds. The fourth-order valence-electron chi connectivity index (χ4n) is 1.52. The summed E-state index contributed by atoms with van der Waals surface area (Å²) in [5.41, 5.74) is 0.612. The van der Waals surface area contributed by atoms with E-state index < -0.39 is 10.6 Å². The van der Waals surface area contributed by atoms with E-state index in [1.807, 2.05) is 19.1 Å². The number of halogens is 1. The van der Waals surface area contributed by atoms with Crippen molar-refractivity contribution in [3.8, 4) is 17.5 Å². The molecule has 0 aliphatic rings. The predicted octanol–water partition coefficient (Wildman–Crippen LogP) is 3.26. The molecule has 7 nitrogen and oxygen atoms in total. The van der Waals surface area contributed by atoms with Crippen LogP contribution in [0.2, 0.25) is 0 Å². The van der Waals surface area contributed by atoms with E-state index in [4.69, 9.17) is 9.47 Å². The van der Waals surface area contributed by atoms with Crippen LogP contribution in [0.15, 0.2) is 29.0 Å². The summed E-state index contributed by atoms with van der Waals surface area (Å²) in [4.78, 5) is 17.9. The van der Waals surface area contributed by atoms with Crippen LogP contribution in [-0.2, 0) is 0 Å². The maximum Gasteiger partial charge on any atom is 0.392 e. The second-order valence-electron chi connectivity index (χ2n) is 3.83. The van der Waals surface area contributed by atoms with Crippen molar-refractivity contribution in [1.82, 2.24) is 9.97 Å². The number of nitro groups is 1. The van der Waals surface area contributed by atoms with Crippen molar-refractivity contribution in [3.05, 3.63) is 44.7 Å². The lowest BCUT2D eigenvalue weighted by Gasteiger charge is -2.08. The van der Waals surface area contributed by atoms with Crippen molar-refractivity contribution >= 4 is 21.6 Å². The Balaban J connectivity index is 2.45. The molecular weight excluding hydrogens is 330 g/mol. The number of methoxy groups -OCH3 is 1. The van der Waals surface area contributed by atoms with E-state index in [9.17, 15) is 10.1 Å². The fraction of sp³-hybridized carbons (Fsp3) is 0.167. The third-order valence-electron chi connectivity index (χ3n) is 2.43. The van der Waals surface area contributed by atoms with Crippen molar-refractivity contribution in [1.29, 1.82) is 0 Å². The van der Waals surface area contributed by atoms with Crippen molar-refractivity contribution in [2.75, 3.05) is 7.11 Å². The maximum absolute atomic E-state index is 11.1. The van der Waals surface area contributed by atoms with Crippen LogP contribution < -0.4 is 9.47 Å². The highest BCUT2D eigenvalue weighted by molar-refractivity contribution is 9.10. The lowest BCUT2D eigenvalue weighted by atomic mass is 10.2. The Morgan fingerprint density at radius 3 is 2.60 bits per heavy atom. The summed E-state index contributed by atoms with van der Waals surface area (Å²) in [6, 6.07) is 5.35. The molecular formula is C12H10BrN3O4. The maximum atomic E-state index is 11.1. The van der Waals surface area contributed by atoms with Gasteiger partial charge in [-0.05, 0) is 40.5 Å². The molecule has 1 aromatic heterocycles. The minimum absolute atomic E-state index is 0.150. The Labute approximate surface area is 122 Å². The molecule has 0 radical (unpaired) electrons. The van der Waals surface area contributed by atoms with Crippen LogP contribution in [-0.4, -0.2) is 22.0 Å². The number of ether oxygens (including phenoxy) is 2. The summed E-state index contributed by atoms with van der Waals surface area (Å²) >= 11 is 3.33. The first-order valence-corrected chi connectivity index (χ1v) is 6.29. The fourth-order valence-corrected chi connectivity index (χ4v) is 2.09. The lowest BCUT2D eigenvalue weighted by molar-refractivity contribution is -0.387. The van der Waals surface area contributed by atoms with Crippen LogP contribution in [0.4, 0.5) is 5.69 Å². The molecule has 1 aromatic carbocycles. The molecule has 0 aliphatic heterocycles. The molecule has 104 valence electrons. The van der Waals surface area contributed by atoms with E-state index >= 15 is 0 Å². The summed E-state index contributed by atoms with van der Waals surface area (Å²) in [6.45, 7) is 1.92. The molecule has 0 atom stereocenters. The smallest absolute Gasteiger partial charge is 0.392 e. The summed E-state index contributed by atoms with van der Waals surface area (Å²) in [7, 11) is 1.29. The Morgan fingerprint density at radius 1 is 1.30 bits per heavy atom. The highest BCUT2D eigenvalue weighted by atomic mass is 79.9. The Bertz CT molecular complexity index is 663. The average molecular weight is 340 g/mol. The van der Waals surface area contributed by atoms with Gasteiger partial charge in [-0.1, -0.05) is 6.07 Å². The summed E-state index contributed by atoms with van der Waals surface area (Å²) in [6.07, 6.45) is 1.14. The van der Waals surface area contributed by atoms with Gasteiger partial charge in [0.25, 0.3) is 0 Å². The lowest BCUT2D eigenvalue weighted by Crippen LogP contribution is -2.01. The molecule has 0 saturated carbocycles. The first-order valence-electron chi connectivity index (χ1n) is 5.50. The monoisotopic (exact) mass is 339 g/mol. The normalized spacial score (nSPS) is 10.2. The van der Waals surface area contributed by atoms with Gasteiger partial charge >= 0.3 is 17.4 Å². The number of hydrogen-bond acceptors (Lipinski definition) is 6. The third-order valence-corrected chi connectivity index (χ3v) is 3.04. The highest BCUT2D eigenvalue weighted by Gasteiger charge is 2.26. The van der Waals surface area contributed by atoms with Gasteiger partial charge in [-0.25, -0.2) is 0 Å². The van der Waals surface area contributed by atoms with Crippen LogP contribution in [0.1, 0.15) is 5.56 Å². The van der Waals surface area contributed by atoms with Gasteiger partial charge in [0.15, 0.2) is 0 Å².